The van der Waals surface area contributed by atoms with E-state index in [0.717, 1.165) is 29.1 Å². The second-order valence-corrected chi connectivity index (χ2v) is 17.6. The Bertz CT molecular complexity index is 1600. The van der Waals surface area contributed by atoms with Gasteiger partial charge in [-0.05, 0) is 80.0 Å². The number of hydrogen-bond donors (Lipinski definition) is 0. The van der Waals surface area contributed by atoms with Crippen LogP contribution in [0.4, 0.5) is 23.2 Å². The van der Waals surface area contributed by atoms with E-state index in [1.807, 2.05) is 0 Å². The summed E-state index contributed by atoms with van der Waals surface area (Å²) in [5.41, 5.74) is 0.366. The smallest absolute Gasteiger partial charge is 0.416 e. The van der Waals surface area contributed by atoms with E-state index in [2.05, 4.69) is 40.2 Å². The molecule has 44 heavy (non-hydrogen) atoms. The van der Waals surface area contributed by atoms with E-state index in [9.17, 15) is 26.0 Å². The number of fused-ring (bicyclic) bond motifs is 1. The number of nitrogens with zero attached hydrogens (tertiary/aromatic N) is 1. The lowest BCUT2D eigenvalue weighted by Gasteiger charge is -2.43. The van der Waals surface area contributed by atoms with E-state index in [0.29, 0.717) is 21.9 Å². The summed E-state index contributed by atoms with van der Waals surface area (Å²) >= 11 is 6.13. The highest BCUT2D eigenvalue weighted by Crippen LogP contribution is 2.53. The number of sulfonamides is 1. The molecule has 0 amide bonds. The van der Waals surface area contributed by atoms with E-state index in [-0.39, 0.29) is 35.2 Å². The number of allylic oxidation sites excluding steroid dienone is 1. The first-order valence-corrected chi connectivity index (χ1v) is 18.0. The van der Waals surface area contributed by atoms with Gasteiger partial charge in [-0.25, -0.2) is 12.8 Å². The molecule has 0 atom stereocenters. The highest BCUT2D eigenvalue weighted by atomic mass is 35.5. The van der Waals surface area contributed by atoms with Crippen LogP contribution in [0.1, 0.15) is 51.3 Å². The minimum atomic E-state index is -4.68. The predicted molar refractivity (Wildman–Crippen MR) is 174 cm³/mol. The molecule has 1 aliphatic rings. The van der Waals surface area contributed by atoms with Gasteiger partial charge in [0.1, 0.15) is 18.2 Å². The maximum Gasteiger partial charge on any atom is 0.416 e. The Kier molecular flexibility index (Phi) is 11.1. The normalized spacial score (nSPS) is 14.7. The van der Waals surface area contributed by atoms with Gasteiger partial charge < -0.3 is 8.92 Å². The van der Waals surface area contributed by atoms with Crippen molar-refractivity contribution in [1.29, 1.82) is 0 Å². The summed E-state index contributed by atoms with van der Waals surface area (Å²) in [6.45, 7) is 11.2. The number of ether oxygens (including phenoxy) is 1. The predicted octanol–water partition coefficient (Wildman–Crippen LogP) is 9.45. The zero-order chi connectivity index (χ0) is 33.1. The molecule has 3 aromatic carbocycles. The average Bonchev–Trinajstić information content (AvgIpc) is 2.92. The summed E-state index contributed by atoms with van der Waals surface area (Å²) in [5.74, 6) is -0.239. The van der Waals surface area contributed by atoms with Crippen LogP contribution in [0, 0.1) is 5.82 Å². The molecule has 3 aromatic rings. The van der Waals surface area contributed by atoms with Crippen molar-refractivity contribution in [3.8, 4) is 5.75 Å². The molecule has 0 unspecified atom stereocenters. The number of rotatable bonds is 6. The van der Waals surface area contributed by atoms with Gasteiger partial charge in [-0.2, -0.15) is 13.2 Å². The lowest BCUT2D eigenvalue weighted by atomic mass is 10.0. The highest BCUT2D eigenvalue weighted by Gasteiger charge is 2.35. The highest BCUT2D eigenvalue weighted by molar-refractivity contribution is 8.29. The van der Waals surface area contributed by atoms with Crippen LogP contribution in [0.2, 0.25) is 5.02 Å². The third-order valence-corrected chi connectivity index (χ3v) is 13.1. The molecule has 4 rings (SSSR count). The van der Waals surface area contributed by atoms with Gasteiger partial charge in [-0.1, -0.05) is 56.6 Å². The van der Waals surface area contributed by atoms with Gasteiger partial charge in [0.15, 0.2) is 0 Å². The van der Waals surface area contributed by atoms with Crippen molar-refractivity contribution in [2.24, 2.45) is 0 Å². The molecule has 5 nitrogen and oxygen atoms in total. The van der Waals surface area contributed by atoms with E-state index in [1.165, 1.54) is 18.2 Å². The Morgan fingerprint density at radius 2 is 1.70 bits per heavy atom. The van der Waals surface area contributed by atoms with Crippen LogP contribution in [0.3, 0.4) is 0 Å². The molecule has 0 bridgehead atoms. The fraction of sp³-hybridized carbons (Fsp3) is 0.375. The molecule has 0 aromatic heterocycles. The number of hydrogen-bond acceptors (Lipinski definition) is 4. The summed E-state index contributed by atoms with van der Waals surface area (Å²) in [6.07, 6.45) is 1.39. The van der Waals surface area contributed by atoms with Crippen LogP contribution >= 0.6 is 21.9 Å². The summed E-state index contributed by atoms with van der Waals surface area (Å²) in [7, 11) is -5.17. The van der Waals surface area contributed by atoms with Gasteiger partial charge in [0, 0.05) is 10.3 Å². The van der Waals surface area contributed by atoms with Crippen molar-refractivity contribution in [1.82, 2.24) is 0 Å². The first-order chi connectivity index (χ1) is 20.3. The number of anilines is 1. The molecule has 0 spiro atoms. The Labute approximate surface area is 264 Å². The maximum absolute atomic E-state index is 14.3. The van der Waals surface area contributed by atoms with Crippen LogP contribution < -0.4 is 9.04 Å². The summed E-state index contributed by atoms with van der Waals surface area (Å²) < 4.78 is 92.8. The topological polar surface area (TPSA) is 55.8 Å². The first kappa shape index (κ1) is 35.7. The molecule has 1 heterocycles. The fourth-order valence-corrected chi connectivity index (χ4v) is 6.93. The zero-order valence-corrected chi connectivity index (χ0v) is 28.1. The second kappa shape index (κ2) is 13.7. The van der Waals surface area contributed by atoms with E-state index in [1.54, 1.807) is 31.2 Å². The molecule has 0 radical (unpaired) electrons. The van der Waals surface area contributed by atoms with E-state index < -0.39 is 42.8 Å². The van der Waals surface area contributed by atoms with Crippen molar-refractivity contribution in [2.75, 3.05) is 36.6 Å². The molecule has 242 valence electrons. The van der Waals surface area contributed by atoms with Gasteiger partial charge in [-0.3, -0.25) is 4.31 Å². The average molecular weight is 676 g/mol. The molecule has 1 aliphatic heterocycles. The summed E-state index contributed by atoms with van der Waals surface area (Å²) in [4.78, 5) is -0.481. The van der Waals surface area contributed by atoms with Crippen molar-refractivity contribution in [3.63, 3.8) is 0 Å². The molecule has 0 saturated carbocycles. The van der Waals surface area contributed by atoms with Crippen molar-refractivity contribution >= 4 is 49.3 Å². The molecular weight excluding hydrogens is 638 g/mol. The number of alkyl halides is 3. The molecular formula is C32H38ClF4NO4S2. The van der Waals surface area contributed by atoms with Crippen LogP contribution in [0.5, 0.6) is 5.75 Å². The Balaban J connectivity index is 0.000000456. The Morgan fingerprint density at radius 3 is 2.27 bits per heavy atom. The van der Waals surface area contributed by atoms with Gasteiger partial charge in [0.2, 0.25) is 0 Å². The molecule has 0 fully saturated rings. The maximum atomic E-state index is 14.3. The molecule has 0 saturated heterocycles. The van der Waals surface area contributed by atoms with E-state index >= 15 is 0 Å². The van der Waals surface area contributed by atoms with Gasteiger partial charge >= 0.3 is 6.18 Å². The third-order valence-electron chi connectivity index (χ3n) is 7.18. The van der Waals surface area contributed by atoms with Crippen LogP contribution in [0.15, 0.2) is 65.6 Å². The SMILES string of the molecule is C/C(=C\c1ccc2c(c1)N(S(=O)(=O)c1cccc(C(F)(F)F)c1)CCO2)c1c(F)cccc1Cl.CCOS(C)(C)C(C)(C)C. The summed E-state index contributed by atoms with van der Waals surface area (Å²) in [6, 6.07) is 12.7. The largest absolute Gasteiger partial charge is 0.489 e. The lowest BCUT2D eigenvalue weighted by Crippen LogP contribution is -2.38. The van der Waals surface area contributed by atoms with Gasteiger partial charge in [0.25, 0.3) is 10.0 Å². The fourth-order valence-electron chi connectivity index (χ4n) is 4.18. The zero-order valence-electron chi connectivity index (χ0n) is 25.8. The minimum Gasteiger partial charge on any atom is -0.489 e. The molecule has 0 N–H and O–H groups in total. The minimum absolute atomic E-state index is 0.0320. The number of benzene rings is 3. The summed E-state index contributed by atoms with van der Waals surface area (Å²) in [5, 5.41) is 0.226. The van der Waals surface area contributed by atoms with Gasteiger partial charge in [-0.15, -0.1) is 10.3 Å². The molecule has 12 heteroatoms. The monoisotopic (exact) mass is 675 g/mol. The van der Waals surface area contributed by atoms with Crippen molar-refractivity contribution < 1.29 is 34.9 Å². The third kappa shape index (κ3) is 8.29. The number of halogens is 5. The van der Waals surface area contributed by atoms with Crippen LogP contribution in [0.25, 0.3) is 11.6 Å². The van der Waals surface area contributed by atoms with Crippen LogP contribution in [-0.4, -0.2) is 45.4 Å². The molecule has 0 aliphatic carbocycles. The van der Waals surface area contributed by atoms with Gasteiger partial charge in [0.05, 0.1) is 34.3 Å². The first-order valence-electron chi connectivity index (χ1n) is 13.8. The lowest BCUT2D eigenvalue weighted by molar-refractivity contribution is -0.137. The van der Waals surface area contributed by atoms with Crippen molar-refractivity contribution in [3.05, 3.63) is 88.2 Å². The quantitative estimate of drug-likeness (QED) is 0.193. The Morgan fingerprint density at radius 1 is 1.05 bits per heavy atom. The standard InChI is InChI=1S/C24H18ClF4NO3S.C8H20OS/c1-15(23-19(25)6-3-7-20(23)26)12-16-8-9-22-21(13-16)30(10-11-33-22)34(31,32)18-5-2-4-17(14-18)24(27,28)29;1-7-9-10(5,6)8(2,3)4/h2-9,12-14H,10-11H2,1H3;7H2,1-6H3/b15-12+;. The Hall–Kier alpha value is -2.73. The second-order valence-electron chi connectivity index (χ2n) is 11.4. The van der Waals surface area contributed by atoms with Crippen LogP contribution in [-0.2, 0) is 20.4 Å². The van der Waals surface area contributed by atoms with Crippen molar-refractivity contribution in [2.45, 2.75) is 50.4 Å². The van der Waals surface area contributed by atoms with E-state index in [4.69, 9.17) is 20.5 Å².